The van der Waals surface area contributed by atoms with E-state index in [1.54, 1.807) is 0 Å². The Kier molecular flexibility index (Phi) is 7.33. The van der Waals surface area contributed by atoms with Crippen molar-refractivity contribution in [1.29, 1.82) is 0 Å². The number of nitrogens with two attached hydrogens (primary N) is 1. The molecule has 0 heterocycles. The molecule has 0 aliphatic heterocycles. The van der Waals surface area contributed by atoms with Crippen LogP contribution in [0.3, 0.4) is 0 Å². The van der Waals surface area contributed by atoms with Gasteiger partial charge in [-0.15, -0.1) is 25.6 Å². The Labute approximate surface area is 119 Å². The third-order valence-electron chi connectivity index (χ3n) is 2.16. The van der Waals surface area contributed by atoms with Crippen LogP contribution in [-0.2, 0) is 9.53 Å². The number of carbonyl (C=O) groups excluding carboxylic acids is 1. The highest BCUT2D eigenvalue weighted by Gasteiger charge is 2.32. The smallest absolute Gasteiger partial charge is 0.404 e. The van der Waals surface area contributed by atoms with Gasteiger partial charge in [0.05, 0.1) is 5.69 Å². The first kappa shape index (κ1) is 18.5. The monoisotopic (exact) mass is 314 g/mol. The highest BCUT2D eigenvalue weighted by atomic mass is 35.5. The van der Waals surface area contributed by atoms with Gasteiger partial charge in [0.2, 0.25) is 0 Å². The average Bonchev–Trinajstić information content (AvgIpc) is 2.31. The Bertz CT molecular complexity index is 439. The van der Waals surface area contributed by atoms with Gasteiger partial charge in [-0.2, -0.15) is 0 Å². The third-order valence-corrected chi connectivity index (χ3v) is 2.16. The molecule has 1 aromatic carbocycles. The normalized spacial score (nSPS) is 12.2. The second-order valence-corrected chi connectivity index (χ2v) is 3.49. The summed E-state index contributed by atoms with van der Waals surface area (Å²) in [5.41, 5.74) is 5.17. The lowest BCUT2D eigenvalue weighted by atomic mass is 10.2. The van der Waals surface area contributed by atoms with Crippen LogP contribution in [0.15, 0.2) is 24.3 Å². The van der Waals surface area contributed by atoms with Crippen molar-refractivity contribution in [2.24, 2.45) is 5.73 Å². The zero-order valence-electron chi connectivity index (χ0n) is 10.4. The molecule has 0 saturated heterocycles. The summed E-state index contributed by atoms with van der Waals surface area (Å²) in [7, 11) is 1.27. The fraction of sp³-hybridized carbons (Fsp3) is 0.364. The molecule has 1 amide bonds. The van der Waals surface area contributed by atoms with Crippen LogP contribution >= 0.6 is 12.4 Å². The molecule has 0 bridgehead atoms. The number of rotatable bonds is 5. The van der Waals surface area contributed by atoms with Gasteiger partial charge >= 0.3 is 6.36 Å². The van der Waals surface area contributed by atoms with Crippen LogP contribution in [0, 0.1) is 0 Å². The van der Waals surface area contributed by atoms with Crippen LogP contribution in [0.25, 0.3) is 0 Å². The summed E-state index contributed by atoms with van der Waals surface area (Å²) in [4.78, 5) is 11.6. The molecule has 5 nitrogen and oxygen atoms in total. The molecule has 0 saturated carbocycles. The number of hydrogen-bond acceptors (Lipinski definition) is 4. The number of anilines is 1. The molecule has 1 rings (SSSR count). The summed E-state index contributed by atoms with van der Waals surface area (Å²) in [5.74, 6) is -1.15. The Morgan fingerprint density at radius 3 is 2.50 bits per heavy atom. The van der Waals surface area contributed by atoms with E-state index in [2.05, 4.69) is 10.1 Å². The van der Waals surface area contributed by atoms with Crippen molar-refractivity contribution in [2.75, 3.05) is 19.0 Å². The lowest BCUT2D eigenvalue weighted by molar-refractivity contribution is -0.274. The zero-order chi connectivity index (χ0) is 14.5. The van der Waals surface area contributed by atoms with E-state index < -0.39 is 24.1 Å². The molecule has 3 N–H and O–H groups in total. The van der Waals surface area contributed by atoms with Crippen molar-refractivity contribution in [3.63, 3.8) is 0 Å². The van der Waals surface area contributed by atoms with Gasteiger partial charge in [0, 0.05) is 13.7 Å². The van der Waals surface area contributed by atoms with Crippen LogP contribution < -0.4 is 15.8 Å². The van der Waals surface area contributed by atoms with Gasteiger partial charge < -0.3 is 20.5 Å². The van der Waals surface area contributed by atoms with Crippen molar-refractivity contribution >= 4 is 24.0 Å². The Balaban J connectivity index is 0.00000361. The maximum absolute atomic E-state index is 12.2. The molecule has 0 fully saturated rings. The number of para-hydroxylation sites is 2. The molecule has 0 radical (unpaired) electrons. The van der Waals surface area contributed by atoms with Crippen LogP contribution in [0.4, 0.5) is 18.9 Å². The number of benzene rings is 1. The van der Waals surface area contributed by atoms with Crippen molar-refractivity contribution in [3.05, 3.63) is 24.3 Å². The quantitative estimate of drug-likeness (QED) is 0.871. The number of carbonyl (C=O) groups is 1. The van der Waals surface area contributed by atoms with Crippen LogP contribution in [0.5, 0.6) is 5.75 Å². The first-order valence-electron chi connectivity index (χ1n) is 5.26. The molecule has 0 aliphatic carbocycles. The van der Waals surface area contributed by atoms with Crippen molar-refractivity contribution in [1.82, 2.24) is 0 Å². The number of ether oxygens (including phenoxy) is 2. The predicted molar refractivity (Wildman–Crippen MR) is 68.9 cm³/mol. The third kappa shape index (κ3) is 5.64. The highest BCUT2D eigenvalue weighted by molar-refractivity contribution is 5.95. The van der Waals surface area contributed by atoms with Crippen LogP contribution in [0.1, 0.15) is 0 Å². The summed E-state index contributed by atoms with van der Waals surface area (Å²) in [6.07, 6.45) is -5.78. The van der Waals surface area contributed by atoms with Crippen molar-refractivity contribution in [2.45, 2.75) is 12.5 Å². The van der Waals surface area contributed by atoms with Gasteiger partial charge in [0.25, 0.3) is 5.91 Å². The Morgan fingerprint density at radius 1 is 1.40 bits per heavy atom. The van der Waals surface area contributed by atoms with E-state index in [1.165, 1.54) is 25.3 Å². The second-order valence-electron chi connectivity index (χ2n) is 3.49. The largest absolute Gasteiger partial charge is 0.573 e. The van der Waals surface area contributed by atoms with Crippen molar-refractivity contribution < 1.29 is 27.4 Å². The molecule has 0 aromatic heterocycles. The maximum Gasteiger partial charge on any atom is 0.573 e. The van der Waals surface area contributed by atoms with Gasteiger partial charge in [-0.1, -0.05) is 12.1 Å². The summed E-state index contributed by atoms with van der Waals surface area (Å²) in [5, 5.41) is 2.27. The van der Waals surface area contributed by atoms with Crippen LogP contribution in [-0.4, -0.2) is 32.0 Å². The number of alkyl halides is 3. The molecule has 0 spiro atoms. The molecule has 0 aliphatic rings. The number of nitrogens with one attached hydrogen (secondary N) is 1. The number of halogens is 4. The molecule has 20 heavy (non-hydrogen) atoms. The number of hydrogen-bond donors (Lipinski definition) is 2. The molecular weight excluding hydrogens is 301 g/mol. The lowest BCUT2D eigenvalue weighted by Gasteiger charge is -2.16. The molecule has 1 aromatic rings. The van der Waals surface area contributed by atoms with E-state index in [9.17, 15) is 18.0 Å². The highest BCUT2D eigenvalue weighted by Crippen LogP contribution is 2.29. The average molecular weight is 315 g/mol. The Morgan fingerprint density at radius 2 is 2.00 bits per heavy atom. The minimum Gasteiger partial charge on any atom is -0.404 e. The predicted octanol–water partition coefficient (Wildman–Crippen LogP) is 1.92. The maximum atomic E-state index is 12.2. The minimum absolute atomic E-state index is 0. The number of amides is 1. The van der Waals surface area contributed by atoms with Gasteiger partial charge in [0.15, 0.2) is 5.75 Å². The molecule has 1 unspecified atom stereocenters. The summed E-state index contributed by atoms with van der Waals surface area (Å²) < 4.78 is 45.1. The zero-order valence-corrected chi connectivity index (χ0v) is 11.3. The van der Waals surface area contributed by atoms with Gasteiger partial charge in [-0.05, 0) is 12.1 Å². The summed E-state index contributed by atoms with van der Waals surface area (Å²) in [6.45, 7) is -0.0926. The SMILES string of the molecule is COC(CN)C(=O)Nc1ccccc1OC(F)(F)F.Cl. The fourth-order valence-electron chi connectivity index (χ4n) is 1.31. The van der Waals surface area contributed by atoms with E-state index >= 15 is 0 Å². The van der Waals surface area contributed by atoms with Crippen LogP contribution in [0.2, 0.25) is 0 Å². The van der Waals surface area contributed by atoms with Gasteiger partial charge in [-0.3, -0.25) is 4.79 Å². The molecule has 114 valence electrons. The van der Waals surface area contributed by atoms with E-state index in [4.69, 9.17) is 10.5 Å². The molecule has 1 atom stereocenters. The van der Waals surface area contributed by atoms with E-state index in [-0.39, 0.29) is 24.6 Å². The topological polar surface area (TPSA) is 73.6 Å². The van der Waals surface area contributed by atoms with E-state index in [0.29, 0.717) is 0 Å². The molecule has 9 heteroatoms. The fourth-order valence-corrected chi connectivity index (χ4v) is 1.31. The standard InChI is InChI=1S/C11H13F3N2O3.ClH/c1-18-9(6-15)10(17)16-7-4-2-3-5-8(7)19-11(12,13)14;/h2-5,9H,6,15H2,1H3,(H,16,17);1H. The molecular formula is C11H14ClF3N2O3. The van der Waals surface area contributed by atoms with E-state index in [0.717, 1.165) is 6.07 Å². The summed E-state index contributed by atoms with van der Waals surface area (Å²) in [6, 6.07) is 5.19. The van der Waals surface area contributed by atoms with Crippen molar-refractivity contribution in [3.8, 4) is 5.75 Å². The first-order chi connectivity index (χ1) is 8.87. The van der Waals surface area contributed by atoms with E-state index in [1.807, 2.05) is 0 Å². The van der Waals surface area contributed by atoms with Gasteiger partial charge in [-0.25, -0.2) is 0 Å². The lowest BCUT2D eigenvalue weighted by Crippen LogP contribution is -2.36. The van der Waals surface area contributed by atoms with Gasteiger partial charge in [0.1, 0.15) is 6.10 Å². The second kappa shape index (κ2) is 7.93. The first-order valence-corrected chi connectivity index (χ1v) is 5.26. The Hall–Kier alpha value is -1.51. The minimum atomic E-state index is -4.84. The summed E-state index contributed by atoms with van der Waals surface area (Å²) >= 11 is 0. The number of methoxy groups -OCH3 is 1.